The molecule has 1 rings (SSSR count). The Kier molecular flexibility index (Phi) is 4.79. The first-order valence-corrected chi connectivity index (χ1v) is 6.10. The number of hydrogen-bond acceptors (Lipinski definition) is 0. The highest BCUT2D eigenvalue weighted by atomic mass is 15.3. The van der Waals surface area contributed by atoms with Crippen molar-refractivity contribution in [3.63, 3.8) is 0 Å². The summed E-state index contributed by atoms with van der Waals surface area (Å²) in [6.45, 7) is 6.59. The topological polar surface area (TPSA) is 0 Å². The Balaban J connectivity index is 2.25. The molecule has 1 heterocycles. The van der Waals surface area contributed by atoms with Crippen molar-refractivity contribution in [1.82, 2.24) is 0 Å². The molecule has 0 atom stereocenters. The van der Waals surface area contributed by atoms with Gasteiger partial charge < -0.3 is 4.48 Å². The highest BCUT2D eigenvalue weighted by molar-refractivity contribution is 4.51. The molecule has 78 valence electrons. The van der Waals surface area contributed by atoms with Crippen LogP contribution in [0.15, 0.2) is 0 Å². The van der Waals surface area contributed by atoms with Gasteiger partial charge in [0, 0.05) is 0 Å². The van der Waals surface area contributed by atoms with Crippen molar-refractivity contribution in [2.45, 2.75) is 51.9 Å². The van der Waals surface area contributed by atoms with Crippen molar-refractivity contribution >= 4 is 0 Å². The van der Waals surface area contributed by atoms with Gasteiger partial charge in [-0.1, -0.05) is 13.3 Å². The Hall–Kier alpha value is -0.0400. The van der Waals surface area contributed by atoms with Gasteiger partial charge in [0.05, 0.1) is 26.7 Å². The molecule has 1 aliphatic heterocycles. The van der Waals surface area contributed by atoms with E-state index in [9.17, 15) is 0 Å². The summed E-state index contributed by atoms with van der Waals surface area (Å²) in [4.78, 5) is 0. The van der Waals surface area contributed by atoms with Crippen molar-refractivity contribution in [3.8, 4) is 0 Å². The lowest BCUT2D eigenvalue weighted by Crippen LogP contribution is -2.45. The van der Waals surface area contributed by atoms with Crippen LogP contribution in [0, 0.1) is 0 Å². The van der Waals surface area contributed by atoms with E-state index >= 15 is 0 Å². The van der Waals surface area contributed by atoms with Gasteiger partial charge in [-0.25, -0.2) is 0 Å². The monoisotopic (exact) mass is 184 g/mol. The largest absolute Gasteiger partial charge is 0.326 e. The maximum atomic E-state index is 2.46. The Morgan fingerprint density at radius 1 is 0.923 bits per heavy atom. The minimum atomic E-state index is 1.36. The zero-order chi connectivity index (χ0) is 9.57. The molecule has 0 spiro atoms. The standard InChI is InChI=1S/C12H26N/c1-3-4-7-10-13(2)11-8-5-6-9-12-13/h3-12H2,1-2H3/q+1. The summed E-state index contributed by atoms with van der Waals surface area (Å²) in [6, 6.07) is 0. The molecule has 1 heteroatoms. The molecule has 0 aromatic heterocycles. The second-order valence-corrected chi connectivity index (χ2v) is 4.91. The number of unbranched alkanes of at least 4 members (excludes halogenated alkanes) is 2. The Morgan fingerprint density at radius 3 is 2.08 bits per heavy atom. The van der Waals surface area contributed by atoms with E-state index in [1.165, 1.54) is 69.1 Å². The highest BCUT2D eigenvalue weighted by Gasteiger charge is 2.21. The summed E-state index contributed by atoms with van der Waals surface area (Å²) in [5.41, 5.74) is 0. The molecule has 0 aromatic carbocycles. The maximum Gasteiger partial charge on any atom is 0.0784 e. The van der Waals surface area contributed by atoms with Gasteiger partial charge in [-0.3, -0.25) is 0 Å². The van der Waals surface area contributed by atoms with Crippen molar-refractivity contribution in [2.24, 2.45) is 0 Å². The molecular weight excluding hydrogens is 158 g/mol. The number of rotatable bonds is 4. The summed E-state index contributed by atoms with van der Waals surface area (Å²) >= 11 is 0. The van der Waals surface area contributed by atoms with E-state index in [1.807, 2.05) is 0 Å². The number of hydrogen-bond donors (Lipinski definition) is 0. The Bertz CT molecular complexity index is 123. The van der Waals surface area contributed by atoms with Gasteiger partial charge in [-0.2, -0.15) is 0 Å². The minimum Gasteiger partial charge on any atom is -0.326 e. The average molecular weight is 184 g/mol. The fourth-order valence-corrected chi connectivity index (χ4v) is 2.42. The molecule has 0 unspecified atom stereocenters. The molecule has 0 saturated carbocycles. The molecule has 0 aromatic rings. The third-order valence-electron chi connectivity index (χ3n) is 3.45. The van der Waals surface area contributed by atoms with Gasteiger partial charge in [0.2, 0.25) is 0 Å². The van der Waals surface area contributed by atoms with Crippen molar-refractivity contribution in [2.75, 3.05) is 26.7 Å². The lowest BCUT2D eigenvalue weighted by atomic mass is 10.2. The summed E-state index contributed by atoms with van der Waals surface area (Å²) in [6.07, 6.45) is 10.1. The summed E-state index contributed by atoms with van der Waals surface area (Å²) in [5, 5.41) is 0. The third kappa shape index (κ3) is 4.12. The van der Waals surface area contributed by atoms with Crippen molar-refractivity contribution in [1.29, 1.82) is 0 Å². The van der Waals surface area contributed by atoms with Crippen molar-refractivity contribution in [3.05, 3.63) is 0 Å². The van der Waals surface area contributed by atoms with E-state index in [1.54, 1.807) is 0 Å². The number of likely N-dealkylation sites (tertiary alicyclic amines) is 1. The van der Waals surface area contributed by atoms with Crippen LogP contribution in [0.4, 0.5) is 0 Å². The van der Waals surface area contributed by atoms with Crippen LogP contribution >= 0.6 is 0 Å². The maximum absolute atomic E-state index is 2.46. The van der Waals surface area contributed by atoms with Crippen molar-refractivity contribution < 1.29 is 4.48 Å². The van der Waals surface area contributed by atoms with E-state index in [4.69, 9.17) is 0 Å². The van der Waals surface area contributed by atoms with Gasteiger partial charge in [0.15, 0.2) is 0 Å². The number of nitrogens with zero attached hydrogens (tertiary/aromatic N) is 1. The van der Waals surface area contributed by atoms with E-state index in [0.717, 1.165) is 0 Å². The molecule has 0 amide bonds. The van der Waals surface area contributed by atoms with Crippen LogP contribution in [0.25, 0.3) is 0 Å². The van der Waals surface area contributed by atoms with Crippen LogP contribution in [0.2, 0.25) is 0 Å². The Labute approximate surface area is 83.7 Å². The molecule has 0 aliphatic carbocycles. The lowest BCUT2D eigenvalue weighted by molar-refractivity contribution is -0.909. The predicted molar refractivity (Wildman–Crippen MR) is 58.8 cm³/mol. The second-order valence-electron chi connectivity index (χ2n) is 4.91. The van der Waals surface area contributed by atoms with Gasteiger partial charge in [0.25, 0.3) is 0 Å². The average Bonchev–Trinajstić information content (AvgIpc) is 2.31. The minimum absolute atomic E-state index is 1.36. The third-order valence-corrected chi connectivity index (χ3v) is 3.45. The predicted octanol–water partition coefficient (Wildman–Crippen LogP) is 3.20. The second kappa shape index (κ2) is 5.64. The van der Waals surface area contributed by atoms with Crippen LogP contribution in [0.1, 0.15) is 51.9 Å². The molecule has 0 radical (unpaired) electrons. The molecule has 1 saturated heterocycles. The Morgan fingerprint density at radius 2 is 1.54 bits per heavy atom. The van der Waals surface area contributed by atoms with Gasteiger partial charge in [-0.05, 0) is 38.5 Å². The molecule has 1 aliphatic rings. The van der Waals surface area contributed by atoms with Crippen LogP contribution < -0.4 is 0 Å². The lowest BCUT2D eigenvalue weighted by Gasteiger charge is -2.33. The van der Waals surface area contributed by atoms with E-state index in [2.05, 4.69) is 14.0 Å². The smallest absolute Gasteiger partial charge is 0.0784 e. The first kappa shape index (κ1) is 11.0. The summed E-state index contributed by atoms with van der Waals surface area (Å²) in [7, 11) is 2.46. The first-order valence-electron chi connectivity index (χ1n) is 6.10. The van der Waals surface area contributed by atoms with Crippen LogP contribution in [0.5, 0.6) is 0 Å². The SMILES string of the molecule is CCCCC[N+]1(C)CCCCCC1. The zero-order valence-corrected chi connectivity index (χ0v) is 9.52. The zero-order valence-electron chi connectivity index (χ0n) is 9.52. The summed E-state index contributed by atoms with van der Waals surface area (Å²) in [5.74, 6) is 0. The first-order chi connectivity index (χ1) is 6.27. The normalized spacial score (nSPS) is 22.6. The fourth-order valence-electron chi connectivity index (χ4n) is 2.42. The molecule has 0 N–H and O–H groups in total. The van der Waals surface area contributed by atoms with E-state index < -0.39 is 0 Å². The molecule has 13 heavy (non-hydrogen) atoms. The van der Waals surface area contributed by atoms with Gasteiger partial charge in [0.1, 0.15) is 0 Å². The molecule has 0 bridgehead atoms. The van der Waals surface area contributed by atoms with Crippen LogP contribution in [-0.2, 0) is 0 Å². The fraction of sp³-hybridized carbons (Fsp3) is 1.00. The number of quaternary nitrogens is 1. The van der Waals surface area contributed by atoms with Crippen LogP contribution in [-0.4, -0.2) is 31.2 Å². The van der Waals surface area contributed by atoms with Gasteiger partial charge >= 0.3 is 0 Å². The van der Waals surface area contributed by atoms with E-state index in [-0.39, 0.29) is 0 Å². The summed E-state index contributed by atoms with van der Waals surface area (Å²) < 4.78 is 1.36. The molecule has 1 fully saturated rings. The highest BCUT2D eigenvalue weighted by Crippen LogP contribution is 2.17. The van der Waals surface area contributed by atoms with Crippen LogP contribution in [0.3, 0.4) is 0 Å². The van der Waals surface area contributed by atoms with E-state index in [0.29, 0.717) is 0 Å². The molecule has 1 nitrogen and oxygen atoms in total. The van der Waals surface area contributed by atoms with Gasteiger partial charge in [-0.15, -0.1) is 0 Å². The quantitative estimate of drug-likeness (QED) is 0.465. The molecular formula is C12H26N+.